The first-order valence-electron chi connectivity index (χ1n) is 7.22. The quantitative estimate of drug-likeness (QED) is 0.748. The Bertz CT molecular complexity index is 640. The van der Waals surface area contributed by atoms with E-state index in [0.29, 0.717) is 5.82 Å². The van der Waals surface area contributed by atoms with Crippen LogP contribution in [0.4, 0.5) is 11.5 Å². The molecule has 22 heavy (non-hydrogen) atoms. The summed E-state index contributed by atoms with van der Waals surface area (Å²) in [5.74, 6) is 1.38. The van der Waals surface area contributed by atoms with E-state index in [1.807, 2.05) is 25.4 Å². The van der Waals surface area contributed by atoms with Crippen LogP contribution in [0, 0.1) is 12.8 Å². The van der Waals surface area contributed by atoms with E-state index in [4.69, 9.17) is 10.5 Å². The lowest BCUT2D eigenvalue weighted by molar-refractivity contribution is -0.106. The highest BCUT2D eigenvalue weighted by Crippen LogP contribution is 2.31. The third kappa shape index (κ3) is 4.44. The van der Waals surface area contributed by atoms with Crippen LogP contribution in [0.3, 0.4) is 0 Å². The molecule has 2 aromatic heterocycles. The zero-order valence-corrected chi connectivity index (χ0v) is 12.6. The van der Waals surface area contributed by atoms with Crippen molar-refractivity contribution in [2.24, 2.45) is 11.7 Å². The first-order valence-corrected chi connectivity index (χ1v) is 7.22. The van der Waals surface area contributed by atoms with Crippen molar-refractivity contribution in [2.75, 3.05) is 17.6 Å². The second-order valence-corrected chi connectivity index (χ2v) is 5.30. The van der Waals surface area contributed by atoms with Gasteiger partial charge in [-0.1, -0.05) is 0 Å². The third-order valence-electron chi connectivity index (χ3n) is 3.43. The predicted octanol–water partition coefficient (Wildman–Crippen LogP) is 1.96. The van der Waals surface area contributed by atoms with Crippen molar-refractivity contribution >= 4 is 17.9 Å². The predicted molar refractivity (Wildman–Crippen MR) is 88.1 cm³/mol. The van der Waals surface area contributed by atoms with Gasteiger partial charge < -0.3 is 16.8 Å². The summed E-state index contributed by atoms with van der Waals surface area (Å²) >= 11 is 0. The van der Waals surface area contributed by atoms with Gasteiger partial charge in [0, 0.05) is 30.2 Å². The van der Waals surface area contributed by atoms with E-state index >= 15 is 0 Å². The molecule has 3 rings (SSSR count). The lowest BCUT2D eigenvalue weighted by atomic mass is 10.1. The highest BCUT2D eigenvalue weighted by Gasteiger charge is 2.21. The molecule has 1 fully saturated rings. The molecule has 0 saturated heterocycles. The summed E-state index contributed by atoms with van der Waals surface area (Å²) in [4.78, 5) is 17.1. The molecular formula is C16H21N5O. The Balaban J connectivity index is 0.000000545. The number of nitrogen functional groups attached to an aromatic ring is 1. The molecule has 0 aromatic carbocycles. The van der Waals surface area contributed by atoms with Crippen molar-refractivity contribution in [1.82, 2.24) is 9.97 Å². The van der Waals surface area contributed by atoms with Gasteiger partial charge in [-0.05, 0) is 49.4 Å². The topological polar surface area (TPSA) is 107 Å². The molecule has 2 aromatic rings. The van der Waals surface area contributed by atoms with E-state index in [2.05, 4.69) is 33.2 Å². The van der Waals surface area contributed by atoms with Gasteiger partial charge in [-0.25, -0.2) is 4.98 Å². The fourth-order valence-corrected chi connectivity index (χ4v) is 2.08. The fraction of sp³-hybridized carbons (Fsp3) is 0.312. The largest absolute Gasteiger partial charge is 0.382 e. The number of nitrogens with zero attached hydrogens (tertiary/aromatic N) is 2. The Morgan fingerprint density at radius 1 is 1.32 bits per heavy atom. The number of aryl methyl sites for hydroxylation is 1. The van der Waals surface area contributed by atoms with Gasteiger partial charge >= 0.3 is 0 Å². The number of anilines is 2. The molecule has 5 N–H and O–H groups in total. The van der Waals surface area contributed by atoms with Crippen LogP contribution in [-0.4, -0.2) is 22.9 Å². The van der Waals surface area contributed by atoms with Crippen molar-refractivity contribution in [2.45, 2.75) is 19.8 Å². The molecule has 0 radical (unpaired) electrons. The molecule has 0 atom stereocenters. The molecule has 116 valence electrons. The third-order valence-corrected chi connectivity index (χ3v) is 3.43. The number of primary amides is 1. The lowest BCUT2D eigenvalue weighted by Gasteiger charge is -2.10. The summed E-state index contributed by atoms with van der Waals surface area (Å²) in [5.41, 5.74) is 14.2. The Hall–Kier alpha value is -2.63. The summed E-state index contributed by atoms with van der Waals surface area (Å²) in [6.45, 7) is 2.98. The van der Waals surface area contributed by atoms with E-state index in [1.165, 1.54) is 12.8 Å². The van der Waals surface area contributed by atoms with Crippen LogP contribution in [0.2, 0.25) is 0 Å². The van der Waals surface area contributed by atoms with E-state index in [-0.39, 0.29) is 6.41 Å². The van der Waals surface area contributed by atoms with Gasteiger partial charge in [-0.15, -0.1) is 0 Å². The first-order chi connectivity index (χ1) is 10.6. The van der Waals surface area contributed by atoms with Gasteiger partial charge in [0.15, 0.2) is 0 Å². The molecule has 1 aliphatic rings. The molecule has 6 nitrogen and oxygen atoms in total. The molecule has 0 spiro atoms. The monoisotopic (exact) mass is 299 g/mol. The second-order valence-electron chi connectivity index (χ2n) is 5.30. The van der Waals surface area contributed by atoms with Crippen LogP contribution in [-0.2, 0) is 4.79 Å². The molecule has 6 heteroatoms. The number of hydrogen-bond acceptors (Lipinski definition) is 5. The normalized spacial score (nSPS) is 13.0. The van der Waals surface area contributed by atoms with Gasteiger partial charge in [0.25, 0.3) is 0 Å². The van der Waals surface area contributed by atoms with Crippen molar-refractivity contribution < 1.29 is 4.79 Å². The minimum atomic E-state index is 0.250. The number of hydrogen-bond donors (Lipinski definition) is 3. The standard InChI is InChI=1S/C15H18N4.CH3NO/c1-10-6-12(4-5-17-10)13-7-14(15(16)19-9-13)18-8-11-2-3-11;2-1-3/h4-7,9,11,18H,2-3,8H2,1H3,(H2,16,19);1H,(H2,2,3). The zero-order chi connectivity index (χ0) is 15.9. The Morgan fingerprint density at radius 3 is 2.68 bits per heavy atom. The summed E-state index contributed by atoms with van der Waals surface area (Å²) in [5, 5.41) is 3.40. The Kier molecular flexibility index (Phi) is 5.30. The SMILES string of the molecule is Cc1cc(-c2cnc(N)c(NCC3CC3)c2)ccn1.NC=O. The summed E-state index contributed by atoms with van der Waals surface area (Å²) < 4.78 is 0. The molecule has 1 aliphatic carbocycles. The maximum absolute atomic E-state index is 8.58. The van der Waals surface area contributed by atoms with Crippen molar-refractivity contribution in [3.05, 3.63) is 36.3 Å². The Labute approximate surface area is 130 Å². The van der Waals surface area contributed by atoms with Crippen LogP contribution in [0.5, 0.6) is 0 Å². The number of carbonyl (C=O) groups excluding carboxylic acids is 1. The Morgan fingerprint density at radius 2 is 2.05 bits per heavy atom. The average molecular weight is 299 g/mol. The van der Waals surface area contributed by atoms with Gasteiger partial charge in [-0.3, -0.25) is 9.78 Å². The molecule has 0 unspecified atom stereocenters. The van der Waals surface area contributed by atoms with E-state index < -0.39 is 0 Å². The molecular weight excluding hydrogens is 278 g/mol. The van der Waals surface area contributed by atoms with E-state index in [9.17, 15) is 0 Å². The van der Waals surface area contributed by atoms with Crippen molar-refractivity contribution in [3.8, 4) is 11.1 Å². The van der Waals surface area contributed by atoms with E-state index in [0.717, 1.165) is 35.0 Å². The number of nitrogens with two attached hydrogens (primary N) is 2. The number of pyridine rings is 2. The van der Waals surface area contributed by atoms with Gasteiger partial charge in [0.05, 0.1) is 5.69 Å². The maximum Gasteiger partial charge on any atom is 0.204 e. The van der Waals surface area contributed by atoms with Crippen LogP contribution < -0.4 is 16.8 Å². The van der Waals surface area contributed by atoms with E-state index in [1.54, 1.807) is 0 Å². The minimum absolute atomic E-state index is 0.250. The number of carbonyl (C=O) groups is 1. The number of aromatic nitrogens is 2. The summed E-state index contributed by atoms with van der Waals surface area (Å²) in [6.07, 6.45) is 6.53. The zero-order valence-electron chi connectivity index (χ0n) is 12.6. The molecule has 1 saturated carbocycles. The second kappa shape index (κ2) is 7.40. The molecule has 0 bridgehead atoms. The van der Waals surface area contributed by atoms with Crippen LogP contribution in [0.1, 0.15) is 18.5 Å². The highest BCUT2D eigenvalue weighted by molar-refractivity contribution is 5.72. The van der Waals surface area contributed by atoms with Crippen LogP contribution >= 0.6 is 0 Å². The average Bonchev–Trinajstić information content (AvgIpc) is 3.31. The number of rotatable bonds is 4. The van der Waals surface area contributed by atoms with Crippen molar-refractivity contribution in [1.29, 1.82) is 0 Å². The number of amides is 1. The minimum Gasteiger partial charge on any atom is -0.382 e. The summed E-state index contributed by atoms with van der Waals surface area (Å²) in [6, 6.07) is 6.11. The smallest absolute Gasteiger partial charge is 0.204 e. The number of nitrogens with one attached hydrogen (secondary N) is 1. The first kappa shape index (κ1) is 15.8. The van der Waals surface area contributed by atoms with Gasteiger partial charge in [0.2, 0.25) is 6.41 Å². The fourth-order valence-electron chi connectivity index (χ4n) is 2.08. The van der Waals surface area contributed by atoms with Gasteiger partial charge in [-0.2, -0.15) is 0 Å². The molecule has 1 amide bonds. The molecule has 2 heterocycles. The lowest BCUT2D eigenvalue weighted by Crippen LogP contribution is -2.07. The van der Waals surface area contributed by atoms with Crippen molar-refractivity contribution in [3.63, 3.8) is 0 Å². The maximum atomic E-state index is 8.58. The molecule has 0 aliphatic heterocycles. The van der Waals surface area contributed by atoms with Gasteiger partial charge in [0.1, 0.15) is 5.82 Å². The summed E-state index contributed by atoms with van der Waals surface area (Å²) in [7, 11) is 0. The van der Waals surface area contributed by atoms with Crippen LogP contribution in [0.25, 0.3) is 11.1 Å². The van der Waals surface area contributed by atoms with Crippen LogP contribution in [0.15, 0.2) is 30.6 Å². The highest BCUT2D eigenvalue weighted by atomic mass is 16.1.